The average Bonchev–Trinajstić information content (AvgIpc) is 3.03. The summed E-state index contributed by atoms with van der Waals surface area (Å²) in [7, 11) is 0. The fourth-order valence-electron chi connectivity index (χ4n) is 3.29. The lowest BCUT2D eigenvalue weighted by Gasteiger charge is -2.11. The zero-order valence-corrected chi connectivity index (χ0v) is 18.6. The molecule has 0 aliphatic rings. The van der Waals surface area contributed by atoms with Gasteiger partial charge in [-0.05, 0) is 57.2 Å². The number of para-hydroxylation sites is 2. The van der Waals surface area contributed by atoms with Gasteiger partial charge < -0.3 is 19.7 Å². The number of carbonyl (C=O) groups excluding carboxylic acids is 1. The number of halogens is 1. The summed E-state index contributed by atoms with van der Waals surface area (Å²) in [5.41, 5.74) is 6.13. The highest BCUT2D eigenvalue weighted by atomic mass is 35.5. The predicted octanol–water partition coefficient (Wildman–Crippen LogP) is 5.00. The molecule has 2 amide bonds. The summed E-state index contributed by atoms with van der Waals surface area (Å²) >= 11 is 5.98. The van der Waals surface area contributed by atoms with Crippen LogP contribution < -0.4 is 15.5 Å². The van der Waals surface area contributed by atoms with E-state index in [0.717, 1.165) is 17.0 Å². The quantitative estimate of drug-likeness (QED) is 0.345. The number of amides is 2. The van der Waals surface area contributed by atoms with E-state index in [1.165, 1.54) is 12.3 Å². The third-order valence-electron chi connectivity index (χ3n) is 4.71. The highest BCUT2D eigenvalue weighted by molar-refractivity contribution is 6.33. The number of ether oxygens (including phenoxy) is 1. The molecule has 0 aliphatic heterocycles. The van der Waals surface area contributed by atoms with Crippen LogP contribution in [0.25, 0.3) is 5.69 Å². The van der Waals surface area contributed by atoms with Gasteiger partial charge in [-0.2, -0.15) is 5.10 Å². The van der Waals surface area contributed by atoms with Crippen LogP contribution in [0, 0.1) is 13.8 Å². The number of hydrogen-bond acceptors (Lipinski definition) is 4. The molecular weight excluding hydrogens is 432 g/mol. The number of benzene rings is 2. The molecule has 32 heavy (non-hydrogen) atoms. The minimum absolute atomic E-state index is 0.0255. The predicted molar refractivity (Wildman–Crippen MR) is 125 cm³/mol. The van der Waals surface area contributed by atoms with Gasteiger partial charge in [0, 0.05) is 22.6 Å². The van der Waals surface area contributed by atoms with Crippen molar-refractivity contribution in [2.45, 2.75) is 20.8 Å². The molecule has 9 heteroatoms. The van der Waals surface area contributed by atoms with Gasteiger partial charge in [0.15, 0.2) is 0 Å². The van der Waals surface area contributed by atoms with E-state index < -0.39 is 12.0 Å². The summed E-state index contributed by atoms with van der Waals surface area (Å²) in [6.45, 7) is 6.12. The standard InChI is InChI=1S/C23H23ClN4O4/c1-4-32-21-8-6-5-7-20(21)26-23(31)27-25-13-16-11-14(2)28(15(16)3)17-9-10-19(24)18(12-17)22(29)30/h5-13H,4H2,1-3H3,(H,29,30)(H2,26,27,31)/b25-13+. The Morgan fingerprint density at radius 2 is 1.94 bits per heavy atom. The zero-order chi connectivity index (χ0) is 23.3. The smallest absolute Gasteiger partial charge is 0.339 e. The summed E-state index contributed by atoms with van der Waals surface area (Å²) in [5, 5.41) is 16.2. The maximum Gasteiger partial charge on any atom is 0.339 e. The molecule has 2 aromatic carbocycles. The molecule has 0 fully saturated rings. The van der Waals surface area contributed by atoms with Crippen LogP contribution in [0.5, 0.6) is 5.75 Å². The lowest BCUT2D eigenvalue weighted by Crippen LogP contribution is -2.24. The molecule has 3 aromatic rings. The van der Waals surface area contributed by atoms with Gasteiger partial charge in [0.25, 0.3) is 0 Å². The Kier molecular flexibility index (Phi) is 7.17. The first-order valence-corrected chi connectivity index (χ1v) is 10.2. The molecule has 0 saturated heterocycles. The van der Waals surface area contributed by atoms with Gasteiger partial charge in [-0.3, -0.25) is 0 Å². The number of hydrogen-bond donors (Lipinski definition) is 3. The minimum Gasteiger partial charge on any atom is -0.492 e. The van der Waals surface area contributed by atoms with Crippen LogP contribution in [-0.2, 0) is 0 Å². The summed E-state index contributed by atoms with van der Waals surface area (Å²) in [6.07, 6.45) is 1.53. The van der Waals surface area contributed by atoms with Gasteiger partial charge in [-0.1, -0.05) is 23.7 Å². The second-order valence-corrected chi connectivity index (χ2v) is 7.29. The Bertz CT molecular complexity index is 1190. The summed E-state index contributed by atoms with van der Waals surface area (Å²) in [4.78, 5) is 23.6. The molecule has 1 heterocycles. The Balaban J connectivity index is 1.75. The molecule has 0 bridgehead atoms. The van der Waals surface area contributed by atoms with E-state index in [-0.39, 0.29) is 10.6 Å². The zero-order valence-electron chi connectivity index (χ0n) is 17.8. The Hall–Kier alpha value is -3.78. The van der Waals surface area contributed by atoms with Crippen molar-refractivity contribution in [2.75, 3.05) is 11.9 Å². The number of aryl methyl sites for hydroxylation is 1. The SMILES string of the molecule is CCOc1ccccc1NC(=O)N/N=C/c1cc(C)n(-c2ccc(Cl)c(C(=O)O)c2)c1C. The lowest BCUT2D eigenvalue weighted by atomic mass is 10.2. The molecule has 166 valence electrons. The Morgan fingerprint density at radius 1 is 1.19 bits per heavy atom. The van der Waals surface area contributed by atoms with Crippen LogP contribution in [-0.4, -0.2) is 34.5 Å². The maximum atomic E-state index is 12.2. The number of carboxylic acids is 1. The molecule has 1 aromatic heterocycles. The number of hydrazone groups is 1. The van der Waals surface area contributed by atoms with E-state index >= 15 is 0 Å². The molecule has 0 unspecified atom stereocenters. The van der Waals surface area contributed by atoms with Crippen molar-refractivity contribution in [1.82, 2.24) is 9.99 Å². The van der Waals surface area contributed by atoms with Crippen LogP contribution >= 0.6 is 11.6 Å². The molecule has 3 rings (SSSR count). The van der Waals surface area contributed by atoms with Crippen molar-refractivity contribution in [3.05, 3.63) is 76.1 Å². The van der Waals surface area contributed by atoms with E-state index in [4.69, 9.17) is 16.3 Å². The van der Waals surface area contributed by atoms with Crippen molar-refractivity contribution >= 4 is 35.5 Å². The third-order valence-corrected chi connectivity index (χ3v) is 5.04. The molecular formula is C23H23ClN4O4. The van der Waals surface area contributed by atoms with Crippen molar-refractivity contribution in [3.8, 4) is 11.4 Å². The molecule has 8 nitrogen and oxygen atoms in total. The van der Waals surface area contributed by atoms with Crippen molar-refractivity contribution < 1.29 is 19.4 Å². The van der Waals surface area contributed by atoms with Gasteiger partial charge in [-0.25, -0.2) is 15.0 Å². The number of carboxylic acid groups (broad SMARTS) is 1. The fraction of sp³-hybridized carbons (Fsp3) is 0.174. The molecule has 0 radical (unpaired) electrons. The summed E-state index contributed by atoms with van der Waals surface area (Å²) in [6, 6.07) is 13.3. The largest absolute Gasteiger partial charge is 0.492 e. The second kappa shape index (κ2) is 10.0. The Morgan fingerprint density at radius 3 is 2.66 bits per heavy atom. The number of anilines is 1. The van der Waals surface area contributed by atoms with Gasteiger partial charge in [0.05, 0.1) is 29.1 Å². The maximum absolute atomic E-state index is 12.2. The average molecular weight is 455 g/mol. The number of aromatic carboxylic acids is 1. The van der Waals surface area contributed by atoms with Gasteiger partial charge in [0.1, 0.15) is 5.75 Å². The lowest BCUT2D eigenvalue weighted by molar-refractivity contribution is 0.0697. The number of carbonyl (C=O) groups is 2. The van der Waals surface area contributed by atoms with Crippen molar-refractivity contribution in [1.29, 1.82) is 0 Å². The third kappa shape index (κ3) is 5.09. The van der Waals surface area contributed by atoms with Crippen LogP contribution in [0.2, 0.25) is 5.02 Å². The summed E-state index contributed by atoms with van der Waals surface area (Å²) < 4.78 is 7.38. The van der Waals surface area contributed by atoms with E-state index in [1.807, 2.05) is 37.5 Å². The molecule has 3 N–H and O–H groups in total. The fourth-order valence-corrected chi connectivity index (χ4v) is 3.49. The van der Waals surface area contributed by atoms with Crippen LogP contribution in [0.4, 0.5) is 10.5 Å². The number of rotatable bonds is 7. The number of urea groups is 1. The first-order valence-electron chi connectivity index (χ1n) is 9.85. The Labute approximate surface area is 190 Å². The van der Waals surface area contributed by atoms with Crippen LogP contribution in [0.3, 0.4) is 0 Å². The van der Waals surface area contributed by atoms with Crippen LogP contribution in [0.1, 0.15) is 34.2 Å². The second-order valence-electron chi connectivity index (χ2n) is 6.88. The van der Waals surface area contributed by atoms with Crippen molar-refractivity contribution in [2.24, 2.45) is 5.10 Å². The molecule has 0 saturated carbocycles. The highest BCUT2D eigenvalue weighted by Gasteiger charge is 2.14. The van der Waals surface area contributed by atoms with Crippen LogP contribution in [0.15, 0.2) is 53.6 Å². The van der Waals surface area contributed by atoms with Gasteiger partial charge in [-0.15, -0.1) is 0 Å². The molecule has 0 spiro atoms. The van der Waals surface area contributed by atoms with E-state index in [1.54, 1.807) is 30.3 Å². The molecule has 0 atom stereocenters. The van der Waals surface area contributed by atoms with E-state index in [9.17, 15) is 14.7 Å². The van der Waals surface area contributed by atoms with Gasteiger partial charge in [0.2, 0.25) is 0 Å². The van der Waals surface area contributed by atoms with Gasteiger partial charge >= 0.3 is 12.0 Å². The first-order chi connectivity index (χ1) is 15.3. The monoisotopic (exact) mass is 454 g/mol. The number of aromatic nitrogens is 1. The van der Waals surface area contributed by atoms with E-state index in [0.29, 0.717) is 23.7 Å². The van der Waals surface area contributed by atoms with E-state index in [2.05, 4.69) is 15.8 Å². The minimum atomic E-state index is -1.10. The summed E-state index contributed by atoms with van der Waals surface area (Å²) in [5.74, 6) is -0.524. The molecule has 0 aliphatic carbocycles. The van der Waals surface area contributed by atoms with Crippen molar-refractivity contribution in [3.63, 3.8) is 0 Å². The number of nitrogens with one attached hydrogen (secondary N) is 2. The first kappa shape index (κ1) is 22.9. The topological polar surface area (TPSA) is 105 Å². The highest BCUT2D eigenvalue weighted by Crippen LogP contribution is 2.25. The normalized spacial score (nSPS) is 10.9. The number of nitrogens with zero attached hydrogens (tertiary/aromatic N) is 2.